The number of likely N-dealkylation sites (tertiary alicyclic amines) is 1. The second-order valence-corrected chi connectivity index (χ2v) is 10.6. The topological polar surface area (TPSA) is 91.2 Å². The molecule has 2 N–H and O–H groups in total. The molecule has 0 radical (unpaired) electrons. The highest BCUT2D eigenvalue weighted by molar-refractivity contribution is 6.06. The van der Waals surface area contributed by atoms with Gasteiger partial charge in [0, 0.05) is 12.0 Å². The SMILES string of the molecule is CON=C1C[C@@H](C(=O)N[C@H](c2ccccc2)[C@@H](O)c2ccccc2)N(C(=O)c2ccc(-c3ccccc3C)cc2C)C1. The molecule has 5 rings (SSSR count). The van der Waals surface area contributed by atoms with Crippen molar-refractivity contribution in [2.45, 2.75) is 38.5 Å². The third kappa shape index (κ3) is 6.11. The largest absolute Gasteiger partial charge is 0.399 e. The van der Waals surface area contributed by atoms with Crippen LogP contribution in [0.5, 0.6) is 0 Å². The zero-order valence-corrected chi connectivity index (χ0v) is 24.0. The molecular formula is C35H35N3O4. The third-order valence-electron chi connectivity index (χ3n) is 7.77. The summed E-state index contributed by atoms with van der Waals surface area (Å²) in [5.74, 6) is -0.632. The smallest absolute Gasteiger partial charge is 0.255 e. The Balaban J connectivity index is 1.43. The number of aliphatic hydroxyl groups is 1. The molecule has 0 aromatic heterocycles. The summed E-state index contributed by atoms with van der Waals surface area (Å²) < 4.78 is 0. The van der Waals surface area contributed by atoms with E-state index in [-0.39, 0.29) is 24.8 Å². The predicted octanol–water partition coefficient (Wildman–Crippen LogP) is 5.78. The summed E-state index contributed by atoms with van der Waals surface area (Å²) in [4.78, 5) is 34.4. The Labute approximate surface area is 246 Å². The van der Waals surface area contributed by atoms with Crippen molar-refractivity contribution < 1.29 is 19.5 Å². The van der Waals surface area contributed by atoms with Gasteiger partial charge in [0.1, 0.15) is 19.3 Å². The Morgan fingerprint density at radius 1 is 0.881 bits per heavy atom. The number of amides is 2. The Morgan fingerprint density at radius 3 is 2.17 bits per heavy atom. The number of oxime groups is 1. The summed E-state index contributed by atoms with van der Waals surface area (Å²) in [6.45, 7) is 4.14. The van der Waals surface area contributed by atoms with Crippen LogP contribution in [0.3, 0.4) is 0 Å². The summed E-state index contributed by atoms with van der Waals surface area (Å²) in [5, 5.41) is 18.5. The average Bonchev–Trinajstić information content (AvgIpc) is 3.44. The lowest BCUT2D eigenvalue weighted by molar-refractivity contribution is -0.126. The molecule has 0 saturated carbocycles. The lowest BCUT2D eigenvalue weighted by atomic mass is 9.95. The monoisotopic (exact) mass is 561 g/mol. The number of carbonyl (C=O) groups is 2. The van der Waals surface area contributed by atoms with E-state index in [1.54, 1.807) is 4.90 Å². The van der Waals surface area contributed by atoms with Gasteiger partial charge in [0.15, 0.2) is 0 Å². The number of hydrogen-bond acceptors (Lipinski definition) is 5. The molecule has 42 heavy (non-hydrogen) atoms. The second-order valence-electron chi connectivity index (χ2n) is 10.6. The van der Waals surface area contributed by atoms with Crippen LogP contribution in [0.4, 0.5) is 0 Å². The Morgan fingerprint density at radius 2 is 1.52 bits per heavy atom. The highest BCUT2D eigenvalue weighted by Gasteiger charge is 2.40. The number of benzene rings is 4. The summed E-state index contributed by atoms with van der Waals surface area (Å²) >= 11 is 0. The normalized spacial score (nSPS) is 17.1. The first-order valence-corrected chi connectivity index (χ1v) is 14.0. The Kier molecular flexibility index (Phi) is 8.79. The minimum Gasteiger partial charge on any atom is -0.399 e. The second kappa shape index (κ2) is 12.8. The summed E-state index contributed by atoms with van der Waals surface area (Å²) in [7, 11) is 1.45. The van der Waals surface area contributed by atoms with Crippen LogP contribution < -0.4 is 5.32 Å². The molecule has 214 valence electrons. The molecular weight excluding hydrogens is 526 g/mol. The maximum absolute atomic E-state index is 14.0. The number of aliphatic hydroxyl groups excluding tert-OH is 1. The van der Waals surface area contributed by atoms with E-state index < -0.39 is 18.2 Å². The van der Waals surface area contributed by atoms with E-state index in [4.69, 9.17) is 4.84 Å². The minimum atomic E-state index is -0.994. The Hall–Kier alpha value is -4.75. The molecule has 1 aliphatic rings. The zero-order valence-electron chi connectivity index (χ0n) is 24.0. The minimum absolute atomic E-state index is 0.168. The standard InChI is InChI=1S/C35H35N3O4/c1-23-12-10-11-17-29(23)27-18-19-30(24(2)20-27)35(41)38-22-28(37-42-3)21-31(38)34(40)36-32(25-13-6-4-7-14-25)33(39)26-15-8-5-9-16-26/h4-20,31-33,39H,21-22H2,1-3H3,(H,36,40)/t31-,32+,33-/m0/s1. The number of nitrogens with zero attached hydrogens (tertiary/aromatic N) is 2. The molecule has 4 aromatic carbocycles. The molecule has 3 atom stereocenters. The van der Waals surface area contributed by atoms with Crippen molar-refractivity contribution in [2.24, 2.45) is 5.16 Å². The van der Waals surface area contributed by atoms with Gasteiger partial charge in [-0.05, 0) is 53.3 Å². The van der Waals surface area contributed by atoms with Crippen molar-refractivity contribution in [3.05, 3.63) is 131 Å². The number of hydrogen-bond donors (Lipinski definition) is 2. The van der Waals surface area contributed by atoms with Crippen molar-refractivity contribution >= 4 is 17.5 Å². The van der Waals surface area contributed by atoms with Crippen molar-refractivity contribution in [2.75, 3.05) is 13.7 Å². The van der Waals surface area contributed by atoms with Crippen LogP contribution in [-0.2, 0) is 9.63 Å². The Bertz CT molecular complexity index is 1590. The van der Waals surface area contributed by atoms with Gasteiger partial charge in [0.2, 0.25) is 5.91 Å². The molecule has 0 unspecified atom stereocenters. The van der Waals surface area contributed by atoms with Crippen LogP contribution in [0.25, 0.3) is 11.1 Å². The molecule has 1 fully saturated rings. The molecule has 0 spiro atoms. The molecule has 1 heterocycles. The van der Waals surface area contributed by atoms with Gasteiger partial charge in [-0.2, -0.15) is 0 Å². The van der Waals surface area contributed by atoms with E-state index in [1.165, 1.54) is 7.11 Å². The average molecular weight is 562 g/mol. The van der Waals surface area contributed by atoms with Crippen molar-refractivity contribution in [1.29, 1.82) is 0 Å². The molecule has 7 nitrogen and oxygen atoms in total. The first-order chi connectivity index (χ1) is 20.4. The maximum Gasteiger partial charge on any atom is 0.255 e. The number of aryl methyl sites for hydroxylation is 2. The van der Waals surface area contributed by atoms with Gasteiger partial charge in [-0.25, -0.2) is 0 Å². The molecule has 0 bridgehead atoms. The van der Waals surface area contributed by atoms with Crippen molar-refractivity contribution in [3.8, 4) is 11.1 Å². The van der Waals surface area contributed by atoms with E-state index in [2.05, 4.69) is 29.5 Å². The van der Waals surface area contributed by atoms with Crippen LogP contribution in [0.1, 0.15) is 51.2 Å². The fourth-order valence-corrected chi connectivity index (χ4v) is 5.57. The van der Waals surface area contributed by atoms with Crippen LogP contribution >= 0.6 is 0 Å². The molecule has 0 aliphatic carbocycles. The van der Waals surface area contributed by atoms with Crippen molar-refractivity contribution in [1.82, 2.24) is 10.2 Å². The first kappa shape index (κ1) is 28.8. The summed E-state index contributed by atoms with van der Waals surface area (Å²) in [6.07, 6.45) is -0.763. The lowest BCUT2D eigenvalue weighted by Crippen LogP contribution is -2.47. The number of nitrogens with one attached hydrogen (secondary N) is 1. The summed E-state index contributed by atoms with van der Waals surface area (Å²) in [6, 6.07) is 30.9. The molecule has 1 aliphatic heterocycles. The maximum atomic E-state index is 14.0. The van der Waals surface area contributed by atoms with Gasteiger partial charge in [-0.3, -0.25) is 9.59 Å². The quantitative estimate of drug-likeness (QED) is 0.267. The third-order valence-corrected chi connectivity index (χ3v) is 7.77. The van der Waals surface area contributed by atoms with Gasteiger partial charge in [-0.15, -0.1) is 0 Å². The lowest BCUT2D eigenvalue weighted by Gasteiger charge is -2.29. The van der Waals surface area contributed by atoms with Crippen molar-refractivity contribution in [3.63, 3.8) is 0 Å². The van der Waals surface area contributed by atoms with Crippen LogP contribution in [0.2, 0.25) is 0 Å². The van der Waals surface area contributed by atoms with E-state index in [0.29, 0.717) is 16.8 Å². The fourth-order valence-electron chi connectivity index (χ4n) is 5.57. The predicted molar refractivity (Wildman–Crippen MR) is 164 cm³/mol. The fraction of sp³-hybridized carbons (Fsp3) is 0.229. The molecule has 1 saturated heterocycles. The highest BCUT2D eigenvalue weighted by Crippen LogP contribution is 2.31. The van der Waals surface area contributed by atoms with Gasteiger partial charge < -0.3 is 20.2 Å². The van der Waals surface area contributed by atoms with Gasteiger partial charge >= 0.3 is 0 Å². The first-order valence-electron chi connectivity index (χ1n) is 14.0. The van der Waals surface area contributed by atoms with Crippen LogP contribution in [-0.4, -0.2) is 47.2 Å². The number of rotatable bonds is 8. The van der Waals surface area contributed by atoms with E-state index in [1.807, 2.05) is 97.9 Å². The number of carbonyl (C=O) groups excluding carboxylic acids is 2. The molecule has 7 heteroatoms. The summed E-state index contributed by atoms with van der Waals surface area (Å²) in [5.41, 5.74) is 6.66. The van der Waals surface area contributed by atoms with Crippen LogP contribution in [0, 0.1) is 13.8 Å². The highest BCUT2D eigenvalue weighted by atomic mass is 16.6. The van der Waals surface area contributed by atoms with Crippen LogP contribution in [0.15, 0.2) is 108 Å². The van der Waals surface area contributed by atoms with E-state index in [9.17, 15) is 14.7 Å². The van der Waals surface area contributed by atoms with Gasteiger partial charge in [0.05, 0.1) is 18.3 Å². The van der Waals surface area contributed by atoms with Gasteiger partial charge in [0.25, 0.3) is 5.91 Å². The zero-order chi connectivity index (χ0) is 29.6. The van der Waals surface area contributed by atoms with Gasteiger partial charge in [-0.1, -0.05) is 102 Å². The molecule has 4 aromatic rings. The molecule has 2 amide bonds. The van der Waals surface area contributed by atoms with E-state index in [0.717, 1.165) is 27.8 Å². The van der Waals surface area contributed by atoms with E-state index >= 15 is 0 Å².